The van der Waals surface area contributed by atoms with Gasteiger partial charge in [0.25, 0.3) is 0 Å². The fourth-order valence-corrected chi connectivity index (χ4v) is 2.81. The van der Waals surface area contributed by atoms with E-state index in [9.17, 15) is 0 Å². The monoisotopic (exact) mass is 177 g/mol. The van der Waals surface area contributed by atoms with Gasteiger partial charge in [-0.05, 0) is 51.0 Å². The minimum Gasteiger partial charge on any atom is -0.316 e. The lowest BCUT2D eigenvalue weighted by molar-refractivity contribution is 0.356. The first-order valence-electron chi connectivity index (χ1n) is 5.42. The highest BCUT2D eigenvalue weighted by molar-refractivity contribution is 5.04. The first kappa shape index (κ1) is 9.09. The van der Waals surface area contributed by atoms with E-state index in [0.717, 1.165) is 24.2 Å². The molecule has 2 aliphatic carbocycles. The van der Waals surface area contributed by atoms with Gasteiger partial charge in [-0.25, -0.2) is 0 Å². The summed E-state index contributed by atoms with van der Waals surface area (Å²) >= 11 is 0. The fourth-order valence-electron chi connectivity index (χ4n) is 2.81. The van der Waals surface area contributed by atoms with Crippen molar-refractivity contribution in [1.82, 2.24) is 5.32 Å². The molecule has 2 aliphatic rings. The van der Waals surface area contributed by atoms with Gasteiger partial charge in [-0.3, -0.25) is 0 Å². The highest BCUT2D eigenvalue weighted by atomic mass is 14.9. The Labute approximate surface area is 81.3 Å². The van der Waals surface area contributed by atoms with Crippen LogP contribution < -0.4 is 5.32 Å². The molecule has 0 aliphatic heterocycles. The third kappa shape index (κ3) is 1.89. The molecule has 3 unspecified atom stereocenters. The second-order valence-electron chi connectivity index (χ2n) is 4.51. The van der Waals surface area contributed by atoms with Crippen LogP contribution in [0, 0.1) is 29.6 Å². The van der Waals surface area contributed by atoms with Crippen LogP contribution >= 0.6 is 0 Å². The number of rotatable bonds is 3. The van der Waals surface area contributed by atoms with Crippen LogP contribution in [0.3, 0.4) is 0 Å². The van der Waals surface area contributed by atoms with Crippen LogP contribution in [0.1, 0.15) is 32.6 Å². The third-order valence-corrected chi connectivity index (χ3v) is 3.72. The maximum atomic E-state index is 3.42. The Morgan fingerprint density at radius 3 is 2.54 bits per heavy atom. The van der Waals surface area contributed by atoms with Gasteiger partial charge in [0.05, 0.1) is 0 Å². The molecule has 0 aromatic heterocycles. The average Bonchev–Trinajstić information content (AvgIpc) is 2.75. The molecule has 0 bridgehead atoms. The third-order valence-electron chi connectivity index (χ3n) is 3.72. The van der Waals surface area contributed by atoms with E-state index < -0.39 is 0 Å². The van der Waals surface area contributed by atoms with Crippen LogP contribution in [0.25, 0.3) is 0 Å². The van der Waals surface area contributed by atoms with E-state index in [1.54, 1.807) is 0 Å². The van der Waals surface area contributed by atoms with Gasteiger partial charge < -0.3 is 5.32 Å². The van der Waals surface area contributed by atoms with E-state index in [1.165, 1.54) is 19.3 Å². The van der Waals surface area contributed by atoms with Crippen molar-refractivity contribution >= 4 is 0 Å². The maximum Gasteiger partial charge on any atom is 0.0245 e. The summed E-state index contributed by atoms with van der Waals surface area (Å²) in [5, 5.41) is 3.42. The zero-order chi connectivity index (χ0) is 9.26. The van der Waals surface area contributed by atoms with Gasteiger partial charge in [0, 0.05) is 12.5 Å². The number of nitrogens with one attached hydrogen (secondary N) is 1. The Morgan fingerprint density at radius 1 is 1.31 bits per heavy atom. The highest BCUT2D eigenvalue weighted by Crippen LogP contribution is 2.55. The predicted octanol–water partition coefficient (Wildman–Crippen LogP) is 2.03. The maximum absolute atomic E-state index is 3.42. The van der Waals surface area contributed by atoms with Crippen LogP contribution in [-0.4, -0.2) is 13.1 Å². The molecule has 0 radical (unpaired) electrons. The summed E-state index contributed by atoms with van der Waals surface area (Å²) in [6.45, 7) is 1.93. The molecule has 0 saturated heterocycles. The Kier molecular flexibility index (Phi) is 2.60. The van der Waals surface area contributed by atoms with Gasteiger partial charge in [-0.15, -0.1) is 11.8 Å². The van der Waals surface area contributed by atoms with Crippen molar-refractivity contribution in [3.8, 4) is 11.8 Å². The lowest BCUT2D eigenvalue weighted by Crippen LogP contribution is -2.32. The topological polar surface area (TPSA) is 12.0 Å². The van der Waals surface area contributed by atoms with E-state index in [2.05, 4.69) is 24.2 Å². The molecule has 0 spiro atoms. The molecule has 1 nitrogen and oxygen atoms in total. The van der Waals surface area contributed by atoms with Crippen LogP contribution in [-0.2, 0) is 0 Å². The van der Waals surface area contributed by atoms with Crippen LogP contribution in [0.15, 0.2) is 0 Å². The van der Waals surface area contributed by atoms with Gasteiger partial charge in [0.2, 0.25) is 0 Å². The Balaban J connectivity index is 1.84. The fraction of sp³-hybridized carbons (Fsp3) is 0.833. The van der Waals surface area contributed by atoms with Crippen molar-refractivity contribution in [2.24, 2.45) is 17.8 Å². The van der Waals surface area contributed by atoms with E-state index >= 15 is 0 Å². The van der Waals surface area contributed by atoms with Gasteiger partial charge in [-0.1, -0.05) is 0 Å². The van der Waals surface area contributed by atoms with E-state index in [-0.39, 0.29) is 0 Å². The average molecular weight is 177 g/mol. The smallest absolute Gasteiger partial charge is 0.0245 e. The SMILES string of the molecule is CC#CCC(NC)C1CC2CC2C1. The van der Waals surface area contributed by atoms with Gasteiger partial charge in [-0.2, -0.15) is 0 Å². The molecule has 13 heavy (non-hydrogen) atoms. The molecule has 0 aromatic rings. The highest BCUT2D eigenvalue weighted by Gasteiger charge is 2.47. The molecule has 3 atom stereocenters. The second kappa shape index (κ2) is 3.72. The minimum atomic E-state index is 0.653. The summed E-state index contributed by atoms with van der Waals surface area (Å²) in [7, 11) is 2.08. The summed E-state index contributed by atoms with van der Waals surface area (Å²) in [6.07, 6.45) is 5.48. The molecule has 2 saturated carbocycles. The van der Waals surface area contributed by atoms with E-state index in [0.29, 0.717) is 6.04 Å². The molecule has 0 amide bonds. The standard InChI is InChI=1S/C12H19N/c1-3-4-5-12(13-2)11-7-9-6-10(9)8-11/h9-13H,5-8H2,1-2H3. The second-order valence-corrected chi connectivity index (χ2v) is 4.51. The Morgan fingerprint density at radius 2 is 2.00 bits per heavy atom. The lowest BCUT2D eigenvalue weighted by atomic mass is 9.92. The summed E-state index contributed by atoms with van der Waals surface area (Å²) in [5.41, 5.74) is 0. The summed E-state index contributed by atoms with van der Waals surface area (Å²) in [5.74, 6) is 9.28. The molecule has 2 rings (SSSR count). The first-order chi connectivity index (χ1) is 6.35. The molecule has 2 fully saturated rings. The summed E-state index contributed by atoms with van der Waals surface area (Å²) in [6, 6.07) is 0.653. The molecular formula is C12H19N. The zero-order valence-corrected chi connectivity index (χ0v) is 8.64. The minimum absolute atomic E-state index is 0.653. The van der Waals surface area contributed by atoms with Crippen LogP contribution in [0.5, 0.6) is 0 Å². The number of fused-ring (bicyclic) bond motifs is 1. The largest absolute Gasteiger partial charge is 0.316 e. The van der Waals surface area contributed by atoms with Crippen molar-refractivity contribution in [2.45, 2.75) is 38.6 Å². The van der Waals surface area contributed by atoms with Crippen LogP contribution in [0.4, 0.5) is 0 Å². The zero-order valence-electron chi connectivity index (χ0n) is 8.64. The summed E-state index contributed by atoms with van der Waals surface area (Å²) in [4.78, 5) is 0. The molecule has 0 heterocycles. The quantitative estimate of drug-likeness (QED) is 0.650. The van der Waals surface area contributed by atoms with Crippen molar-refractivity contribution in [3.05, 3.63) is 0 Å². The molecular weight excluding hydrogens is 158 g/mol. The molecule has 72 valence electrons. The first-order valence-corrected chi connectivity index (χ1v) is 5.42. The van der Waals surface area contributed by atoms with E-state index in [4.69, 9.17) is 0 Å². The normalized spacial score (nSPS) is 37.5. The molecule has 1 heteroatoms. The van der Waals surface area contributed by atoms with Crippen molar-refractivity contribution in [3.63, 3.8) is 0 Å². The molecule has 0 aromatic carbocycles. The van der Waals surface area contributed by atoms with Crippen molar-refractivity contribution < 1.29 is 0 Å². The Hall–Kier alpha value is -0.480. The van der Waals surface area contributed by atoms with Crippen molar-refractivity contribution in [1.29, 1.82) is 0 Å². The predicted molar refractivity (Wildman–Crippen MR) is 55.2 cm³/mol. The van der Waals surface area contributed by atoms with Gasteiger partial charge in [0.1, 0.15) is 0 Å². The van der Waals surface area contributed by atoms with Gasteiger partial charge >= 0.3 is 0 Å². The number of hydrogen-bond acceptors (Lipinski definition) is 1. The summed E-state index contributed by atoms with van der Waals surface area (Å²) < 4.78 is 0. The van der Waals surface area contributed by atoms with Gasteiger partial charge in [0.15, 0.2) is 0 Å². The lowest BCUT2D eigenvalue weighted by Gasteiger charge is -2.22. The Bertz CT molecular complexity index is 225. The van der Waals surface area contributed by atoms with E-state index in [1.807, 2.05) is 6.92 Å². The van der Waals surface area contributed by atoms with Crippen LogP contribution in [0.2, 0.25) is 0 Å². The number of hydrogen-bond donors (Lipinski definition) is 1. The molecule has 1 N–H and O–H groups in total. The van der Waals surface area contributed by atoms with Crippen molar-refractivity contribution in [2.75, 3.05) is 7.05 Å².